The van der Waals surface area contributed by atoms with Crippen molar-refractivity contribution >= 4 is 35.0 Å². The summed E-state index contributed by atoms with van der Waals surface area (Å²) in [6.45, 7) is 0. The number of hydrogen-bond acceptors (Lipinski definition) is 3. The third-order valence-electron chi connectivity index (χ3n) is 4.70. The molecular weight excluding hydrogens is 497 g/mol. The van der Waals surface area contributed by atoms with Crippen LogP contribution in [0.15, 0.2) is 72.8 Å². The van der Waals surface area contributed by atoms with Crippen molar-refractivity contribution in [2.45, 2.75) is 6.42 Å². The Morgan fingerprint density at radius 3 is 2.31 bits per heavy atom. The van der Waals surface area contributed by atoms with E-state index in [1.54, 1.807) is 0 Å². The third-order valence-corrected chi connectivity index (χ3v) is 5.20. The molecule has 0 atom stereocenters. The van der Waals surface area contributed by atoms with E-state index in [2.05, 4.69) is 10.4 Å². The molecule has 1 heterocycles. The van der Waals surface area contributed by atoms with E-state index < -0.39 is 17.5 Å². The predicted octanol–water partition coefficient (Wildman–Crippen LogP) is 5.20. The van der Waals surface area contributed by atoms with Gasteiger partial charge in [-0.2, -0.15) is 5.10 Å². The maximum atomic E-state index is 13.7. The molecular formula is C25H20Cl2F2N4O2. The minimum absolute atomic E-state index is 0.0993. The molecule has 0 fully saturated rings. The number of halogens is 4. The van der Waals surface area contributed by atoms with Crippen LogP contribution < -0.4 is 11.1 Å². The number of primary amides is 1. The molecule has 0 aliphatic carbocycles. The first-order valence-corrected chi connectivity index (χ1v) is 11.0. The van der Waals surface area contributed by atoms with Gasteiger partial charge in [-0.05, 0) is 48.0 Å². The van der Waals surface area contributed by atoms with Crippen LogP contribution in [0, 0.1) is 11.6 Å². The van der Waals surface area contributed by atoms with Crippen LogP contribution in [0.2, 0.25) is 10.0 Å². The lowest BCUT2D eigenvalue weighted by atomic mass is 10.1. The lowest BCUT2D eigenvalue weighted by Crippen LogP contribution is -2.18. The first kappa shape index (κ1) is 25.9. The highest BCUT2D eigenvalue weighted by Gasteiger charge is 2.17. The monoisotopic (exact) mass is 516 g/mol. The average Bonchev–Trinajstić information content (AvgIpc) is 3.26. The minimum atomic E-state index is -0.584. The topological polar surface area (TPSA) is 90.0 Å². The number of carbonyl (C=O) groups is 2. The molecule has 0 saturated heterocycles. The first-order valence-electron chi connectivity index (χ1n) is 10.2. The van der Waals surface area contributed by atoms with E-state index in [1.165, 1.54) is 54.2 Å². The van der Waals surface area contributed by atoms with Crippen molar-refractivity contribution in [2.24, 2.45) is 5.73 Å². The van der Waals surface area contributed by atoms with Gasteiger partial charge in [0.25, 0.3) is 5.91 Å². The van der Waals surface area contributed by atoms with E-state index in [-0.39, 0.29) is 21.6 Å². The summed E-state index contributed by atoms with van der Waals surface area (Å²) in [5.74, 6) is -1.82. The highest BCUT2D eigenvalue weighted by atomic mass is 35.5. The second kappa shape index (κ2) is 11.6. The minimum Gasteiger partial charge on any atom is -0.369 e. The van der Waals surface area contributed by atoms with Gasteiger partial charge in [-0.1, -0.05) is 53.5 Å². The lowest BCUT2D eigenvalue weighted by Gasteiger charge is -2.09. The molecule has 3 N–H and O–H groups in total. The smallest absolute Gasteiger partial charge is 0.271 e. The third kappa shape index (κ3) is 6.88. The molecule has 0 spiro atoms. The fraction of sp³-hybridized carbons (Fsp3) is 0.0800. The van der Waals surface area contributed by atoms with E-state index in [4.69, 9.17) is 28.9 Å². The molecule has 0 aliphatic heterocycles. The summed E-state index contributed by atoms with van der Waals surface area (Å²) in [7, 11) is 1.47. The molecule has 2 amide bonds. The normalized spacial score (nSPS) is 10.3. The van der Waals surface area contributed by atoms with Crippen molar-refractivity contribution in [2.75, 3.05) is 7.05 Å². The predicted molar refractivity (Wildman–Crippen MR) is 132 cm³/mol. The summed E-state index contributed by atoms with van der Waals surface area (Å²) in [4.78, 5) is 22.3. The molecule has 0 aliphatic rings. The van der Waals surface area contributed by atoms with E-state index in [9.17, 15) is 18.4 Å². The van der Waals surface area contributed by atoms with E-state index >= 15 is 0 Å². The number of nitrogens with zero attached hydrogens (tertiary/aromatic N) is 2. The van der Waals surface area contributed by atoms with Crippen LogP contribution in [-0.4, -0.2) is 28.6 Å². The molecule has 180 valence electrons. The summed E-state index contributed by atoms with van der Waals surface area (Å²) < 4.78 is 28.5. The Balaban J connectivity index is 0.000000287. The summed E-state index contributed by atoms with van der Waals surface area (Å²) in [6, 6.07) is 18.9. The van der Waals surface area contributed by atoms with Gasteiger partial charge in [0.05, 0.1) is 22.8 Å². The summed E-state index contributed by atoms with van der Waals surface area (Å²) >= 11 is 11.8. The van der Waals surface area contributed by atoms with Crippen molar-refractivity contribution in [3.05, 3.63) is 106 Å². The molecule has 4 aromatic rings. The zero-order valence-electron chi connectivity index (χ0n) is 18.4. The number of carbonyl (C=O) groups excluding carboxylic acids is 2. The Hall–Kier alpha value is -3.75. The summed E-state index contributed by atoms with van der Waals surface area (Å²) in [5.41, 5.74) is 7.29. The van der Waals surface area contributed by atoms with Crippen LogP contribution in [0.5, 0.6) is 0 Å². The first-order chi connectivity index (χ1) is 16.7. The summed E-state index contributed by atoms with van der Waals surface area (Å²) in [6.07, 6.45) is 0.334. The maximum Gasteiger partial charge on any atom is 0.271 e. The van der Waals surface area contributed by atoms with Crippen molar-refractivity contribution in [1.29, 1.82) is 0 Å². The second-order valence-electron chi connectivity index (χ2n) is 7.29. The number of rotatable bonds is 5. The molecule has 10 heteroatoms. The molecule has 3 aromatic carbocycles. The molecule has 0 radical (unpaired) electrons. The molecule has 0 unspecified atom stereocenters. The van der Waals surface area contributed by atoms with Crippen molar-refractivity contribution < 1.29 is 18.4 Å². The Bertz CT molecular complexity index is 1340. The van der Waals surface area contributed by atoms with Crippen molar-refractivity contribution in [1.82, 2.24) is 15.1 Å². The van der Waals surface area contributed by atoms with Crippen LogP contribution in [0.1, 0.15) is 16.1 Å². The van der Waals surface area contributed by atoms with Crippen LogP contribution in [0.3, 0.4) is 0 Å². The number of nitrogens with two attached hydrogens (primary N) is 1. The van der Waals surface area contributed by atoms with E-state index in [0.29, 0.717) is 23.4 Å². The van der Waals surface area contributed by atoms with Gasteiger partial charge < -0.3 is 11.1 Å². The number of nitrogens with one attached hydrogen (secondary N) is 1. The molecule has 35 heavy (non-hydrogen) atoms. The largest absolute Gasteiger partial charge is 0.369 e. The highest BCUT2D eigenvalue weighted by molar-refractivity contribution is 6.31. The van der Waals surface area contributed by atoms with Gasteiger partial charge in [0, 0.05) is 17.6 Å². The molecule has 0 saturated carbocycles. The zero-order chi connectivity index (χ0) is 25.5. The fourth-order valence-corrected chi connectivity index (χ4v) is 3.53. The van der Waals surface area contributed by atoms with Gasteiger partial charge >= 0.3 is 0 Å². The van der Waals surface area contributed by atoms with Gasteiger partial charge in [0.2, 0.25) is 5.91 Å². The molecule has 1 aromatic heterocycles. The molecule has 4 rings (SSSR count). The number of aromatic nitrogens is 2. The number of hydrogen-bond donors (Lipinski definition) is 2. The lowest BCUT2D eigenvalue weighted by molar-refractivity contribution is -0.117. The van der Waals surface area contributed by atoms with Gasteiger partial charge in [0.1, 0.15) is 11.6 Å². The summed E-state index contributed by atoms with van der Waals surface area (Å²) in [5, 5.41) is 6.78. The van der Waals surface area contributed by atoms with Crippen molar-refractivity contribution in [3.63, 3.8) is 0 Å². The Labute approximate surface area is 210 Å². The maximum absolute atomic E-state index is 13.7. The SMILES string of the molecule is CNC(=O)c1cc(-c2cc(F)cc(Cl)c2)n(-c2ccc(F)c(Cl)c2)n1.NC(=O)Cc1ccccc1. The second-order valence-corrected chi connectivity index (χ2v) is 8.13. The van der Waals surface area contributed by atoms with E-state index in [1.807, 2.05) is 30.3 Å². The quantitative estimate of drug-likeness (QED) is 0.382. The van der Waals surface area contributed by atoms with Gasteiger partial charge in [0.15, 0.2) is 5.69 Å². The van der Waals surface area contributed by atoms with Crippen LogP contribution >= 0.6 is 23.2 Å². The fourth-order valence-electron chi connectivity index (χ4n) is 3.14. The Morgan fingerprint density at radius 2 is 1.71 bits per heavy atom. The number of amides is 2. The van der Waals surface area contributed by atoms with Crippen LogP contribution in [0.25, 0.3) is 16.9 Å². The number of benzene rings is 3. The Morgan fingerprint density at radius 1 is 1.00 bits per heavy atom. The molecule has 6 nitrogen and oxygen atoms in total. The highest BCUT2D eigenvalue weighted by Crippen LogP contribution is 2.29. The van der Waals surface area contributed by atoms with Gasteiger partial charge in [-0.15, -0.1) is 0 Å². The van der Waals surface area contributed by atoms with Gasteiger partial charge in [-0.25, -0.2) is 13.5 Å². The van der Waals surface area contributed by atoms with Crippen LogP contribution in [-0.2, 0) is 11.2 Å². The standard InChI is InChI=1S/C17H11Cl2F2N3O.C8H9NO/c1-22-17(25)15-8-16(9-4-10(18)6-11(20)5-9)24(23-15)12-2-3-14(21)13(19)7-12;9-8(10)6-7-4-2-1-3-5-7/h2-8H,1H3,(H,22,25);1-5H,6H2,(H2,9,10). The van der Waals surface area contributed by atoms with Crippen molar-refractivity contribution in [3.8, 4) is 16.9 Å². The van der Waals surface area contributed by atoms with E-state index in [0.717, 1.165) is 5.56 Å². The van der Waals surface area contributed by atoms with Gasteiger partial charge in [-0.3, -0.25) is 9.59 Å². The average molecular weight is 517 g/mol. The zero-order valence-corrected chi connectivity index (χ0v) is 19.9. The molecule has 0 bridgehead atoms. The van der Waals surface area contributed by atoms with Crippen LogP contribution in [0.4, 0.5) is 8.78 Å². The Kier molecular flexibility index (Phi) is 8.57.